The largest absolute Gasteiger partial charge is 0.417 e. The van der Waals surface area contributed by atoms with Crippen LogP contribution in [0.15, 0.2) is 40.1 Å². The SMILES string of the molecule is CNC(c1ccccc1)c1nnc(-c2csc(C)n2)o1. The Hall–Kier alpha value is -2.05. The summed E-state index contributed by atoms with van der Waals surface area (Å²) in [7, 11) is 1.87. The van der Waals surface area contributed by atoms with Gasteiger partial charge in [0.15, 0.2) is 0 Å². The molecule has 0 aliphatic rings. The molecule has 0 saturated carbocycles. The van der Waals surface area contributed by atoms with Crippen molar-refractivity contribution in [1.29, 1.82) is 0 Å². The Labute approximate surface area is 120 Å². The van der Waals surface area contributed by atoms with Gasteiger partial charge in [-0.3, -0.25) is 0 Å². The summed E-state index contributed by atoms with van der Waals surface area (Å²) in [6.45, 7) is 1.95. The molecule has 0 aliphatic carbocycles. The van der Waals surface area contributed by atoms with Crippen molar-refractivity contribution in [2.24, 2.45) is 0 Å². The lowest BCUT2D eigenvalue weighted by molar-refractivity contribution is 0.455. The number of nitrogens with one attached hydrogen (secondary N) is 1. The quantitative estimate of drug-likeness (QED) is 0.799. The van der Waals surface area contributed by atoms with Crippen LogP contribution in [0.1, 0.15) is 22.5 Å². The van der Waals surface area contributed by atoms with Crippen LogP contribution >= 0.6 is 11.3 Å². The van der Waals surface area contributed by atoms with Gasteiger partial charge in [0.2, 0.25) is 5.89 Å². The molecule has 2 heterocycles. The van der Waals surface area contributed by atoms with E-state index in [2.05, 4.69) is 20.5 Å². The van der Waals surface area contributed by atoms with Crippen molar-refractivity contribution in [3.8, 4) is 11.6 Å². The monoisotopic (exact) mass is 286 g/mol. The lowest BCUT2D eigenvalue weighted by atomic mass is 10.1. The Morgan fingerprint density at radius 2 is 2.00 bits per heavy atom. The van der Waals surface area contributed by atoms with Crippen LogP contribution in [0.4, 0.5) is 0 Å². The molecule has 2 aromatic heterocycles. The predicted octanol–water partition coefficient (Wildman–Crippen LogP) is 2.81. The molecule has 0 radical (unpaired) electrons. The van der Waals surface area contributed by atoms with Crippen LogP contribution in [0.25, 0.3) is 11.6 Å². The zero-order chi connectivity index (χ0) is 13.9. The van der Waals surface area contributed by atoms with E-state index in [1.54, 1.807) is 11.3 Å². The molecule has 3 aromatic rings. The fourth-order valence-corrected chi connectivity index (χ4v) is 2.58. The summed E-state index contributed by atoms with van der Waals surface area (Å²) in [6.07, 6.45) is 0. The van der Waals surface area contributed by atoms with Crippen LogP contribution in [0.3, 0.4) is 0 Å². The summed E-state index contributed by atoms with van der Waals surface area (Å²) in [5.74, 6) is 1.000. The second kappa shape index (κ2) is 5.52. The van der Waals surface area contributed by atoms with E-state index in [9.17, 15) is 0 Å². The number of hydrogen-bond donors (Lipinski definition) is 1. The van der Waals surface area contributed by atoms with Gasteiger partial charge in [-0.1, -0.05) is 30.3 Å². The lowest BCUT2D eigenvalue weighted by Gasteiger charge is -2.11. The number of benzene rings is 1. The topological polar surface area (TPSA) is 63.8 Å². The lowest BCUT2D eigenvalue weighted by Crippen LogP contribution is -2.17. The minimum atomic E-state index is -0.114. The van der Waals surface area contributed by atoms with E-state index in [1.165, 1.54) is 0 Å². The van der Waals surface area contributed by atoms with Crippen LogP contribution in [0.2, 0.25) is 0 Å². The van der Waals surface area contributed by atoms with Gasteiger partial charge in [-0.05, 0) is 19.5 Å². The average Bonchev–Trinajstić information content (AvgIpc) is 3.10. The van der Waals surface area contributed by atoms with Crippen molar-refractivity contribution in [2.45, 2.75) is 13.0 Å². The molecule has 1 unspecified atom stereocenters. The fourth-order valence-electron chi connectivity index (χ4n) is 1.99. The first-order chi connectivity index (χ1) is 9.78. The summed E-state index contributed by atoms with van der Waals surface area (Å²) < 4.78 is 5.75. The van der Waals surface area contributed by atoms with E-state index in [0.29, 0.717) is 11.8 Å². The van der Waals surface area contributed by atoms with Gasteiger partial charge < -0.3 is 9.73 Å². The fraction of sp³-hybridized carbons (Fsp3) is 0.214. The molecular formula is C14H14N4OS. The van der Waals surface area contributed by atoms with Crippen molar-refractivity contribution in [1.82, 2.24) is 20.5 Å². The third-order valence-corrected chi connectivity index (χ3v) is 3.72. The van der Waals surface area contributed by atoms with Gasteiger partial charge in [0.25, 0.3) is 5.89 Å². The normalized spacial score (nSPS) is 12.5. The molecule has 102 valence electrons. The highest BCUT2D eigenvalue weighted by Gasteiger charge is 2.20. The van der Waals surface area contributed by atoms with E-state index >= 15 is 0 Å². The molecule has 0 bridgehead atoms. The first-order valence-electron chi connectivity index (χ1n) is 6.26. The summed E-state index contributed by atoms with van der Waals surface area (Å²) in [4.78, 5) is 4.35. The van der Waals surface area contributed by atoms with Gasteiger partial charge in [-0.2, -0.15) is 0 Å². The second-order valence-electron chi connectivity index (χ2n) is 4.33. The number of rotatable bonds is 4. The molecule has 6 heteroatoms. The maximum Gasteiger partial charge on any atom is 0.267 e. The van der Waals surface area contributed by atoms with E-state index in [4.69, 9.17) is 4.42 Å². The van der Waals surface area contributed by atoms with Gasteiger partial charge in [0.05, 0.1) is 5.01 Å². The maximum absolute atomic E-state index is 5.75. The highest BCUT2D eigenvalue weighted by atomic mass is 32.1. The molecule has 5 nitrogen and oxygen atoms in total. The second-order valence-corrected chi connectivity index (χ2v) is 5.39. The molecule has 1 aromatic carbocycles. The van der Waals surface area contributed by atoms with E-state index < -0.39 is 0 Å². The van der Waals surface area contributed by atoms with Crippen molar-refractivity contribution < 1.29 is 4.42 Å². The van der Waals surface area contributed by atoms with Crippen LogP contribution in [0, 0.1) is 6.92 Å². The Bertz CT molecular complexity index is 692. The minimum Gasteiger partial charge on any atom is -0.417 e. The van der Waals surface area contributed by atoms with Gasteiger partial charge in [0, 0.05) is 5.38 Å². The van der Waals surface area contributed by atoms with Crippen LogP contribution < -0.4 is 5.32 Å². The van der Waals surface area contributed by atoms with Crippen molar-refractivity contribution in [2.75, 3.05) is 7.05 Å². The summed E-state index contributed by atoms with van der Waals surface area (Å²) in [5.41, 5.74) is 1.81. The van der Waals surface area contributed by atoms with Crippen LogP contribution in [-0.2, 0) is 0 Å². The Balaban J connectivity index is 1.92. The maximum atomic E-state index is 5.75. The molecule has 0 fully saturated rings. The molecule has 0 amide bonds. The first kappa shape index (κ1) is 13.0. The number of nitrogens with zero attached hydrogens (tertiary/aromatic N) is 3. The zero-order valence-corrected chi connectivity index (χ0v) is 12.0. The standard InChI is InChI=1S/C14H14N4OS/c1-9-16-11(8-20-9)13-17-18-14(19-13)12(15-2)10-6-4-3-5-7-10/h3-8,12,15H,1-2H3. The minimum absolute atomic E-state index is 0.114. The number of aromatic nitrogens is 3. The molecule has 0 spiro atoms. The van der Waals surface area contributed by atoms with E-state index in [0.717, 1.165) is 16.3 Å². The Morgan fingerprint density at radius 3 is 2.65 bits per heavy atom. The third-order valence-electron chi connectivity index (χ3n) is 2.95. The van der Waals surface area contributed by atoms with Crippen molar-refractivity contribution in [3.63, 3.8) is 0 Å². The Morgan fingerprint density at radius 1 is 1.20 bits per heavy atom. The third kappa shape index (κ3) is 2.48. The highest BCUT2D eigenvalue weighted by molar-refractivity contribution is 7.09. The first-order valence-corrected chi connectivity index (χ1v) is 7.14. The average molecular weight is 286 g/mol. The van der Waals surface area contributed by atoms with Crippen molar-refractivity contribution >= 4 is 11.3 Å². The van der Waals surface area contributed by atoms with E-state index in [1.807, 2.05) is 49.7 Å². The molecule has 0 aliphatic heterocycles. The molecule has 1 atom stereocenters. The zero-order valence-electron chi connectivity index (χ0n) is 11.2. The van der Waals surface area contributed by atoms with Gasteiger partial charge in [-0.25, -0.2) is 4.98 Å². The van der Waals surface area contributed by atoms with Gasteiger partial charge in [0.1, 0.15) is 11.7 Å². The number of aryl methyl sites for hydroxylation is 1. The molecular weight excluding hydrogens is 272 g/mol. The molecule has 20 heavy (non-hydrogen) atoms. The van der Waals surface area contributed by atoms with Crippen molar-refractivity contribution in [3.05, 3.63) is 52.2 Å². The summed E-state index contributed by atoms with van der Waals surface area (Å²) in [5, 5.41) is 14.3. The number of hydrogen-bond acceptors (Lipinski definition) is 6. The van der Waals surface area contributed by atoms with Crippen LogP contribution in [-0.4, -0.2) is 22.2 Å². The molecule has 0 saturated heterocycles. The van der Waals surface area contributed by atoms with E-state index in [-0.39, 0.29) is 6.04 Å². The van der Waals surface area contributed by atoms with Gasteiger partial charge >= 0.3 is 0 Å². The number of thiazole rings is 1. The Kier molecular flexibility index (Phi) is 3.58. The summed E-state index contributed by atoms with van der Waals surface area (Å²) in [6, 6.07) is 9.89. The highest BCUT2D eigenvalue weighted by Crippen LogP contribution is 2.25. The smallest absolute Gasteiger partial charge is 0.267 e. The predicted molar refractivity (Wildman–Crippen MR) is 77.5 cm³/mol. The van der Waals surface area contributed by atoms with Crippen LogP contribution in [0.5, 0.6) is 0 Å². The molecule has 3 rings (SSSR count). The summed E-state index contributed by atoms with van der Waals surface area (Å²) >= 11 is 1.56. The van der Waals surface area contributed by atoms with Gasteiger partial charge in [-0.15, -0.1) is 21.5 Å². The molecule has 1 N–H and O–H groups in total.